The minimum absolute atomic E-state index is 0.487. The predicted octanol–water partition coefficient (Wildman–Crippen LogP) is 0.427. The monoisotopic (exact) mass is 325 g/mol. The van der Waals surface area contributed by atoms with Gasteiger partial charge in [-0.05, 0) is 19.5 Å². The number of likely N-dealkylation sites (N-methyl/N-ethyl adjacent to an activating group) is 1. The zero-order valence-electron chi connectivity index (χ0n) is 13.8. The van der Waals surface area contributed by atoms with E-state index in [2.05, 4.69) is 42.0 Å². The molecule has 3 aromatic heterocycles. The van der Waals surface area contributed by atoms with Crippen molar-refractivity contribution < 1.29 is 0 Å². The van der Waals surface area contributed by atoms with E-state index in [-0.39, 0.29) is 0 Å². The largest absolute Gasteiger partial charge is 0.338 e. The smallest absolute Gasteiger partial charge is 0.271 e. The van der Waals surface area contributed by atoms with Gasteiger partial charge in [-0.2, -0.15) is 14.6 Å². The molecule has 9 nitrogen and oxygen atoms in total. The fraction of sp³-hybridized carbons (Fsp3) is 0.467. The van der Waals surface area contributed by atoms with E-state index in [9.17, 15) is 0 Å². The van der Waals surface area contributed by atoms with Crippen molar-refractivity contribution in [3.63, 3.8) is 0 Å². The molecule has 0 aromatic carbocycles. The summed E-state index contributed by atoms with van der Waals surface area (Å²) in [6.07, 6.45) is 3.25. The maximum absolute atomic E-state index is 4.70. The Labute approximate surface area is 139 Å². The van der Waals surface area contributed by atoms with Crippen LogP contribution in [-0.4, -0.2) is 72.4 Å². The highest BCUT2D eigenvalue weighted by Gasteiger charge is 2.19. The van der Waals surface area contributed by atoms with Gasteiger partial charge in [-0.15, -0.1) is 10.2 Å². The van der Waals surface area contributed by atoms with E-state index < -0.39 is 0 Å². The van der Waals surface area contributed by atoms with Gasteiger partial charge in [0.15, 0.2) is 0 Å². The molecule has 24 heavy (non-hydrogen) atoms. The van der Waals surface area contributed by atoms with Gasteiger partial charge in [0.1, 0.15) is 12.0 Å². The maximum Gasteiger partial charge on any atom is 0.271 e. The number of rotatable bonds is 3. The van der Waals surface area contributed by atoms with Crippen LogP contribution in [0.15, 0.2) is 18.6 Å². The molecular formula is C15H19N9. The SMILES string of the molecule is CCN1CCN(c2nccc(-c3nnc4ncnn4c3C)n2)CC1. The van der Waals surface area contributed by atoms with Gasteiger partial charge in [0.25, 0.3) is 5.78 Å². The molecule has 9 heteroatoms. The average molecular weight is 325 g/mol. The fourth-order valence-electron chi connectivity index (χ4n) is 2.94. The summed E-state index contributed by atoms with van der Waals surface area (Å²) in [6.45, 7) is 9.15. The molecule has 0 saturated carbocycles. The minimum atomic E-state index is 0.487. The molecule has 0 aliphatic carbocycles. The summed E-state index contributed by atoms with van der Waals surface area (Å²) in [7, 11) is 0. The molecule has 4 rings (SSSR count). The van der Waals surface area contributed by atoms with Crippen molar-refractivity contribution in [2.45, 2.75) is 13.8 Å². The molecule has 1 aliphatic heterocycles. The Morgan fingerprint density at radius 1 is 1.08 bits per heavy atom. The Hall–Kier alpha value is -2.68. The van der Waals surface area contributed by atoms with Crippen molar-refractivity contribution in [3.05, 3.63) is 24.3 Å². The van der Waals surface area contributed by atoms with Gasteiger partial charge in [-0.3, -0.25) is 0 Å². The molecule has 0 atom stereocenters. The van der Waals surface area contributed by atoms with Crippen LogP contribution in [0.5, 0.6) is 0 Å². The average Bonchev–Trinajstić information content (AvgIpc) is 3.12. The van der Waals surface area contributed by atoms with Crippen LogP contribution in [0.1, 0.15) is 12.6 Å². The number of piperazine rings is 1. The normalized spacial score (nSPS) is 16.0. The lowest BCUT2D eigenvalue weighted by Gasteiger charge is -2.34. The second-order valence-electron chi connectivity index (χ2n) is 5.77. The number of anilines is 1. The van der Waals surface area contributed by atoms with Crippen molar-refractivity contribution in [1.29, 1.82) is 0 Å². The van der Waals surface area contributed by atoms with Crippen LogP contribution in [0, 0.1) is 6.92 Å². The van der Waals surface area contributed by atoms with E-state index in [4.69, 9.17) is 4.98 Å². The van der Waals surface area contributed by atoms with Crippen LogP contribution in [0.4, 0.5) is 5.95 Å². The third-order valence-electron chi connectivity index (χ3n) is 4.42. The van der Waals surface area contributed by atoms with Gasteiger partial charge in [0, 0.05) is 32.4 Å². The van der Waals surface area contributed by atoms with E-state index in [0.717, 1.165) is 50.1 Å². The molecule has 0 N–H and O–H groups in total. The van der Waals surface area contributed by atoms with Crippen molar-refractivity contribution >= 4 is 11.7 Å². The zero-order chi connectivity index (χ0) is 16.5. The summed E-state index contributed by atoms with van der Waals surface area (Å²) in [5.41, 5.74) is 2.31. The highest BCUT2D eigenvalue weighted by molar-refractivity contribution is 5.58. The van der Waals surface area contributed by atoms with Gasteiger partial charge >= 0.3 is 0 Å². The number of hydrogen-bond donors (Lipinski definition) is 0. The Balaban J connectivity index is 1.66. The molecule has 0 amide bonds. The summed E-state index contributed by atoms with van der Waals surface area (Å²) >= 11 is 0. The van der Waals surface area contributed by atoms with Crippen molar-refractivity contribution in [2.75, 3.05) is 37.6 Å². The molecule has 1 aliphatic rings. The van der Waals surface area contributed by atoms with Crippen LogP contribution in [0.2, 0.25) is 0 Å². The van der Waals surface area contributed by atoms with E-state index in [1.807, 2.05) is 13.0 Å². The molecule has 4 heterocycles. The minimum Gasteiger partial charge on any atom is -0.338 e. The summed E-state index contributed by atoms with van der Waals surface area (Å²) in [6, 6.07) is 1.85. The van der Waals surface area contributed by atoms with E-state index in [0.29, 0.717) is 11.5 Å². The number of hydrogen-bond acceptors (Lipinski definition) is 8. The van der Waals surface area contributed by atoms with Gasteiger partial charge in [-0.25, -0.2) is 9.97 Å². The van der Waals surface area contributed by atoms with Gasteiger partial charge in [-0.1, -0.05) is 6.92 Å². The Bertz CT molecular complexity index is 851. The summed E-state index contributed by atoms with van der Waals surface area (Å²) in [4.78, 5) is 17.8. The summed E-state index contributed by atoms with van der Waals surface area (Å²) in [5.74, 6) is 1.23. The molecule has 0 spiro atoms. The third-order valence-corrected chi connectivity index (χ3v) is 4.42. The standard InChI is InChI=1S/C15H19N9/c1-3-22-6-8-23(9-7-22)14-16-5-4-12(19-14)13-11(2)24-15(21-20-13)17-10-18-24/h4-5,10H,3,6-9H2,1-2H3. The van der Waals surface area contributed by atoms with E-state index in [1.54, 1.807) is 10.7 Å². The lowest BCUT2D eigenvalue weighted by molar-refractivity contribution is 0.270. The zero-order valence-corrected chi connectivity index (χ0v) is 13.8. The van der Waals surface area contributed by atoms with Gasteiger partial charge in [0.05, 0.1) is 11.4 Å². The molecular weight excluding hydrogens is 306 g/mol. The number of aromatic nitrogens is 7. The molecule has 1 saturated heterocycles. The van der Waals surface area contributed by atoms with E-state index >= 15 is 0 Å². The first-order valence-corrected chi connectivity index (χ1v) is 8.10. The van der Waals surface area contributed by atoms with Crippen LogP contribution < -0.4 is 4.90 Å². The lowest BCUT2D eigenvalue weighted by Crippen LogP contribution is -2.46. The quantitative estimate of drug-likeness (QED) is 0.685. The first kappa shape index (κ1) is 14.9. The Morgan fingerprint density at radius 2 is 1.92 bits per heavy atom. The topological polar surface area (TPSA) is 88.2 Å². The third kappa shape index (κ3) is 2.56. The Kier molecular flexibility index (Phi) is 3.77. The fourth-order valence-corrected chi connectivity index (χ4v) is 2.94. The first-order chi connectivity index (χ1) is 11.8. The summed E-state index contributed by atoms with van der Waals surface area (Å²) < 4.78 is 1.67. The van der Waals surface area contributed by atoms with Crippen molar-refractivity contribution in [1.82, 2.24) is 39.7 Å². The van der Waals surface area contributed by atoms with Crippen LogP contribution in [0.25, 0.3) is 17.2 Å². The van der Waals surface area contributed by atoms with Gasteiger partial charge < -0.3 is 9.80 Å². The number of fused-ring (bicyclic) bond motifs is 1. The molecule has 0 unspecified atom stereocenters. The molecule has 0 bridgehead atoms. The van der Waals surface area contributed by atoms with Gasteiger partial charge in [0.2, 0.25) is 5.95 Å². The van der Waals surface area contributed by atoms with Crippen LogP contribution in [-0.2, 0) is 0 Å². The van der Waals surface area contributed by atoms with E-state index in [1.165, 1.54) is 6.33 Å². The van der Waals surface area contributed by atoms with Crippen molar-refractivity contribution in [3.8, 4) is 11.4 Å². The Morgan fingerprint density at radius 3 is 2.71 bits per heavy atom. The first-order valence-electron chi connectivity index (χ1n) is 8.10. The highest BCUT2D eigenvalue weighted by atomic mass is 15.4. The summed E-state index contributed by atoms with van der Waals surface area (Å²) in [5, 5.41) is 12.5. The molecule has 0 radical (unpaired) electrons. The van der Waals surface area contributed by atoms with Crippen molar-refractivity contribution in [2.24, 2.45) is 0 Å². The molecule has 3 aromatic rings. The predicted molar refractivity (Wildman–Crippen MR) is 88.7 cm³/mol. The van der Waals surface area contributed by atoms with Crippen LogP contribution in [0.3, 0.4) is 0 Å². The second kappa shape index (κ2) is 6.08. The molecule has 1 fully saturated rings. The number of nitrogens with zero attached hydrogens (tertiary/aromatic N) is 9. The molecule has 124 valence electrons. The van der Waals surface area contributed by atoms with Crippen LogP contribution >= 0.6 is 0 Å². The lowest BCUT2D eigenvalue weighted by atomic mass is 10.2. The number of aryl methyl sites for hydroxylation is 1. The second-order valence-corrected chi connectivity index (χ2v) is 5.77. The maximum atomic E-state index is 4.70. The highest BCUT2D eigenvalue weighted by Crippen LogP contribution is 2.20.